The minimum absolute atomic E-state index is 0.960. The molecule has 1 heteroatoms. The normalized spacial score (nSPS) is 18.0. The molecular weight excluding hydrogens is 139 g/mol. The first kappa shape index (κ1) is 10.4. The van der Waals surface area contributed by atoms with Gasteiger partial charge >= 0.3 is 0 Å². The number of hydrogen-bond acceptors (Lipinski definition) is 0. The molecule has 0 radical (unpaired) electrons. The smallest absolute Gasteiger partial charge is 0.0263 e. The molecule has 0 spiro atoms. The van der Waals surface area contributed by atoms with Crippen LogP contribution in [-0.4, -0.2) is 11.3 Å². The second-order valence-electron chi connectivity index (χ2n) is 3.17. The van der Waals surface area contributed by atoms with E-state index >= 15 is 0 Å². The molecule has 0 fully saturated rings. The second kappa shape index (κ2) is 6.16. The van der Waals surface area contributed by atoms with Crippen molar-refractivity contribution < 1.29 is 0 Å². The summed E-state index contributed by atoms with van der Waals surface area (Å²) in [5.41, 5.74) is 1.93. The summed E-state index contributed by atoms with van der Waals surface area (Å²) in [6, 6.07) is 0. The van der Waals surface area contributed by atoms with Gasteiger partial charge in [0.1, 0.15) is 0 Å². The Morgan fingerprint density at radius 2 is 1.70 bits per heavy atom. The molecule has 0 aromatic rings. The fourth-order valence-corrected chi connectivity index (χ4v) is 2.78. The predicted molar refractivity (Wildman–Crippen MR) is 52.4 cm³/mol. The van der Waals surface area contributed by atoms with E-state index in [1.165, 1.54) is 27.8 Å². The standard InChI is InChI=1S/C9H21P/c1-5-7-9(4)10-8(3)6-2/h8-10H,5-7H2,1-4H3. The highest BCUT2D eigenvalue weighted by molar-refractivity contribution is 7.39. The highest BCUT2D eigenvalue weighted by Gasteiger charge is 2.04. The van der Waals surface area contributed by atoms with Crippen LogP contribution < -0.4 is 0 Å². The summed E-state index contributed by atoms with van der Waals surface area (Å²) < 4.78 is 0. The fraction of sp³-hybridized carbons (Fsp3) is 1.00. The van der Waals surface area contributed by atoms with Crippen LogP contribution in [0.15, 0.2) is 0 Å². The highest BCUT2D eigenvalue weighted by Crippen LogP contribution is 2.29. The monoisotopic (exact) mass is 160 g/mol. The van der Waals surface area contributed by atoms with E-state index in [2.05, 4.69) is 27.7 Å². The van der Waals surface area contributed by atoms with Crippen LogP contribution in [0.3, 0.4) is 0 Å². The lowest BCUT2D eigenvalue weighted by Gasteiger charge is -2.14. The first-order valence-corrected chi connectivity index (χ1v) is 5.62. The van der Waals surface area contributed by atoms with E-state index in [1.807, 2.05) is 0 Å². The van der Waals surface area contributed by atoms with Gasteiger partial charge in [0.05, 0.1) is 0 Å². The first-order valence-electron chi connectivity index (χ1n) is 4.46. The van der Waals surface area contributed by atoms with Gasteiger partial charge in [-0.2, -0.15) is 0 Å². The molecule has 10 heavy (non-hydrogen) atoms. The summed E-state index contributed by atoms with van der Waals surface area (Å²) in [7, 11) is 1.19. The van der Waals surface area contributed by atoms with Crippen molar-refractivity contribution in [2.75, 3.05) is 0 Å². The average Bonchev–Trinajstić information content (AvgIpc) is 1.88. The van der Waals surface area contributed by atoms with Crippen LogP contribution in [0.1, 0.15) is 47.0 Å². The van der Waals surface area contributed by atoms with Crippen LogP contribution >= 0.6 is 8.58 Å². The van der Waals surface area contributed by atoms with Crippen molar-refractivity contribution in [2.24, 2.45) is 0 Å². The molecule has 3 unspecified atom stereocenters. The zero-order valence-electron chi connectivity index (χ0n) is 7.78. The second-order valence-corrected chi connectivity index (χ2v) is 5.47. The van der Waals surface area contributed by atoms with Crippen LogP contribution in [0.2, 0.25) is 0 Å². The van der Waals surface area contributed by atoms with E-state index < -0.39 is 0 Å². The van der Waals surface area contributed by atoms with E-state index in [-0.39, 0.29) is 0 Å². The van der Waals surface area contributed by atoms with Gasteiger partial charge in [0, 0.05) is 0 Å². The minimum atomic E-state index is 0.960. The maximum absolute atomic E-state index is 2.38. The van der Waals surface area contributed by atoms with Gasteiger partial charge in [-0.25, -0.2) is 0 Å². The maximum atomic E-state index is 2.38. The van der Waals surface area contributed by atoms with Crippen molar-refractivity contribution in [2.45, 2.75) is 58.3 Å². The van der Waals surface area contributed by atoms with Crippen molar-refractivity contribution >= 4 is 8.58 Å². The first-order chi connectivity index (χ1) is 4.70. The molecule has 0 saturated carbocycles. The summed E-state index contributed by atoms with van der Waals surface area (Å²) >= 11 is 0. The van der Waals surface area contributed by atoms with Crippen molar-refractivity contribution in [1.29, 1.82) is 0 Å². The molecule has 0 saturated heterocycles. The number of rotatable bonds is 5. The van der Waals surface area contributed by atoms with E-state index in [0.717, 1.165) is 11.3 Å². The van der Waals surface area contributed by atoms with Gasteiger partial charge in [-0.15, -0.1) is 8.58 Å². The fourth-order valence-electron chi connectivity index (χ4n) is 1.12. The quantitative estimate of drug-likeness (QED) is 0.538. The SMILES string of the molecule is CCCC(C)PC(C)CC. The molecule has 0 heterocycles. The predicted octanol–water partition coefficient (Wildman–Crippen LogP) is 3.65. The van der Waals surface area contributed by atoms with Gasteiger partial charge in [-0.3, -0.25) is 0 Å². The summed E-state index contributed by atoms with van der Waals surface area (Å²) in [5.74, 6) is 0. The van der Waals surface area contributed by atoms with E-state index in [0.29, 0.717) is 0 Å². The molecule has 0 amide bonds. The Balaban J connectivity index is 3.27. The van der Waals surface area contributed by atoms with Crippen LogP contribution in [0.5, 0.6) is 0 Å². The van der Waals surface area contributed by atoms with E-state index in [9.17, 15) is 0 Å². The summed E-state index contributed by atoms with van der Waals surface area (Å²) in [4.78, 5) is 0. The average molecular weight is 160 g/mol. The summed E-state index contributed by atoms with van der Waals surface area (Å²) in [6.45, 7) is 9.31. The Morgan fingerprint density at radius 3 is 2.10 bits per heavy atom. The molecular formula is C9H21P. The summed E-state index contributed by atoms with van der Waals surface area (Å²) in [6.07, 6.45) is 4.12. The van der Waals surface area contributed by atoms with Crippen LogP contribution in [0.25, 0.3) is 0 Å². The third-order valence-corrected chi connectivity index (χ3v) is 3.74. The third kappa shape index (κ3) is 5.23. The lowest BCUT2D eigenvalue weighted by molar-refractivity contribution is 0.770. The molecule has 0 rings (SSSR count). The molecule has 0 aliphatic rings. The Labute approximate surface area is 67.6 Å². The molecule has 0 aliphatic carbocycles. The van der Waals surface area contributed by atoms with Gasteiger partial charge in [0.2, 0.25) is 0 Å². The van der Waals surface area contributed by atoms with Crippen LogP contribution in [-0.2, 0) is 0 Å². The lowest BCUT2D eigenvalue weighted by atomic mass is 10.3. The molecule has 62 valence electrons. The molecule has 3 atom stereocenters. The Hall–Kier alpha value is 0.430. The maximum Gasteiger partial charge on any atom is -0.0263 e. The zero-order valence-corrected chi connectivity index (χ0v) is 8.78. The van der Waals surface area contributed by atoms with Crippen molar-refractivity contribution in [3.05, 3.63) is 0 Å². The van der Waals surface area contributed by atoms with Gasteiger partial charge in [-0.1, -0.05) is 34.1 Å². The third-order valence-electron chi connectivity index (χ3n) is 1.90. The van der Waals surface area contributed by atoms with Crippen LogP contribution in [0, 0.1) is 0 Å². The van der Waals surface area contributed by atoms with E-state index in [4.69, 9.17) is 0 Å². The van der Waals surface area contributed by atoms with Crippen molar-refractivity contribution in [3.8, 4) is 0 Å². The van der Waals surface area contributed by atoms with Gasteiger partial charge in [0.25, 0.3) is 0 Å². The molecule has 0 aliphatic heterocycles. The molecule has 0 nitrogen and oxygen atoms in total. The van der Waals surface area contributed by atoms with E-state index in [1.54, 1.807) is 0 Å². The minimum Gasteiger partial charge on any atom is -0.116 e. The van der Waals surface area contributed by atoms with Crippen LogP contribution in [0.4, 0.5) is 0 Å². The topological polar surface area (TPSA) is 0 Å². The zero-order chi connectivity index (χ0) is 7.98. The molecule has 0 aromatic carbocycles. The Bertz CT molecular complexity index is 71.1. The molecule has 0 aromatic heterocycles. The van der Waals surface area contributed by atoms with Gasteiger partial charge in [-0.05, 0) is 24.2 Å². The molecule has 0 bridgehead atoms. The Kier molecular flexibility index (Phi) is 6.43. The Morgan fingerprint density at radius 1 is 1.10 bits per heavy atom. The lowest BCUT2D eigenvalue weighted by Crippen LogP contribution is -2.00. The number of hydrogen-bond donors (Lipinski definition) is 0. The van der Waals surface area contributed by atoms with Gasteiger partial charge in [0.15, 0.2) is 0 Å². The largest absolute Gasteiger partial charge is 0.116 e. The van der Waals surface area contributed by atoms with Gasteiger partial charge < -0.3 is 0 Å². The van der Waals surface area contributed by atoms with Crippen molar-refractivity contribution in [1.82, 2.24) is 0 Å². The highest BCUT2D eigenvalue weighted by atomic mass is 31.1. The summed E-state index contributed by atoms with van der Waals surface area (Å²) in [5, 5.41) is 0. The van der Waals surface area contributed by atoms with Crippen molar-refractivity contribution in [3.63, 3.8) is 0 Å². The molecule has 0 N–H and O–H groups in total.